The number of nitrogens with zero attached hydrogens (tertiary/aromatic N) is 1. The number of hydrogen-bond acceptors (Lipinski definition) is 8. The summed E-state index contributed by atoms with van der Waals surface area (Å²) in [6.07, 6.45) is -6.70. The fourth-order valence-electron chi connectivity index (χ4n) is 4.53. The molecule has 2 aromatic rings. The van der Waals surface area contributed by atoms with Crippen molar-refractivity contribution < 1.29 is 64.1 Å². The van der Waals surface area contributed by atoms with E-state index in [1.165, 1.54) is 36.4 Å². The number of carboxylic acids is 1. The highest BCUT2D eigenvalue weighted by Crippen LogP contribution is 2.39. The van der Waals surface area contributed by atoms with Crippen LogP contribution in [0.15, 0.2) is 53.4 Å². The summed E-state index contributed by atoms with van der Waals surface area (Å²) in [6, 6.07) is 10.6. The number of piperidine rings is 1. The summed E-state index contributed by atoms with van der Waals surface area (Å²) in [4.78, 5) is 23.6. The molecule has 3 N–H and O–H groups in total. The van der Waals surface area contributed by atoms with Crippen LogP contribution < -0.4 is 15.0 Å². The Bertz CT molecular complexity index is 1370. The van der Waals surface area contributed by atoms with Gasteiger partial charge in [0.1, 0.15) is 11.5 Å². The first-order valence-electron chi connectivity index (χ1n) is 13.3. The first kappa shape index (κ1) is 34.9. The molecule has 10 nitrogen and oxygen atoms in total. The lowest BCUT2D eigenvalue weighted by Gasteiger charge is -2.39. The van der Waals surface area contributed by atoms with Crippen LogP contribution in [0, 0.1) is 0 Å². The molecule has 2 aliphatic rings. The van der Waals surface area contributed by atoms with Crippen LogP contribution in [0.1, 0.15) is 37.7 Å². The van der Waals surface area contributed by atoms with E-state index in [1.807, 2.05) is 0 Å². The van der Waals surface area contributed by atoms with Crippen molar-refractivity contribution in [2.24, 2.45) is 0 Å². The summed E-state index contributed by atoms with van der Waals surface area (Å²) in [5.74, 6) is -2.95. The zero-order valence-electron chi connectivity index (χ0n) is 23.0. The second-order valence-corrected chi connectivity index (χ2v) is 12.3. The standard InChI is InChI=1S/C25H29F3N2O6S.C2HF3O2/c26-25(27,28)18-2-6-20(7-3-18)35-16-1-17-36-21-8-10-22(11-9-21)37(33,34)24(23(31)29-32)12-14-30(15-13-24)19-4-5-19;3-2(4,5)1(6)7/h2-3,6-11,19,32H,1,4-5,12-17H2,(H,29,31);(H,6,7). The molecule has 17 heteroatoms. The average molecular weight is 657 g/mol. The van der Waals surface area contributed by atoms with Gasteiger partial charge in [-0.15, -0.1) is 0 Å². The van der Waals surface area contributed by atoms with Gasteiger partial charge in [-0.25, -0.2) is 18.7 Å². The number of rotatable bonds is 10. The van der Waals surface area contributed by atoms with Gasteiger partial charge >= 0.3 is 18.3 Å². The van der Waals surface area contributed by atoms with Gasteiger partial charge < -0.3 is 19.5 Å². The molecular formula is C27H30F6N2O8S. The Morgan fingerprint density at radius 2 is 1.34 bits per heavy atom. The van der Waals surface area contributed by atoms with E-state index < -0.39 is 44.4 Å². The number of nitrogens with one attached hydrogen (secondary N) is 1. The number of carbonyl (C=O) groups excluding carboxylic acids is 1. The zero-order valence-corrected chi connectivity index (χ0v) is 23.8. The highest BCUT2D eigenvalue weighted by molar-refractivity contribution is 7.93. The molecule has 1 saturated carbocycles. The number of alkyl halides is 6. The molecule has 0 spiro atoms. The minimum atomic E-state index is -5.08. The van der Waals surface area contributed by atoms with Crippen LogP contribution in [-0.4, -0.2) is 78.8 Å². The van der Waals surface area contributed by atoms with Crippen molar-refractivity contribution in [2.75, 3.05) is 26.3 Å². The second kappa shape index (κ2) is 14.0. The number of ether oxygens (including phenoxy) is 2. The number of hydroxylamine groups is 1. The lowest BCUT2D eigenvalue weighted by molar-refractivity contribution is -0.192. The molecule has 1 heterocycles. The summed E-state index contributed by atoms with van der Waals surface area (Å²) in [6.45, 7) is 1.38. The van der Waals surface area contributed by atoms with Crippen molar-refractivity contribution in [1.82, 2.24) is 10.4 Å². The topological polar surface area (TPSA) is 142 Å². The van der Waals surface area contributed by atoms with Gasteiger partial charge in [0, 0.05) is 25.6 Å². The fourth-order valence-corrected chi connectivity index (χ4v) is 6.48. The molecule has 1 aliphatic carbocycles. The number of amides is 1. The molecule has 44 heavy (non-hydrogen) atoms. The van der Waals surface area contributed by atoms with Gasteiger partial charge in [0.2, 0.25) is 0 Å². The Hall–Kier alpha value is -3.57. The van der Waals surface area contributed by atoms with Crippen LogP contribution in [0.25, 0.3) is 0 Å². The van der Waals surface area contributed by atoms with E-state index in [4.69, 9.17) is 19.4 Å². The Labute approximate surface area is 248 Å². The van der Waals surface area contributed by atoms with E-state index in [2.05, 4.69) is 4.90 Å². The summed E-state index contributed by atoms with van der Waals surface area (Å²) in [7, 11) is -4.10. The molecule has 1 aliphatic heterocycles. The Morgan fingerprint density at radius 3 is 1.73 bits per heavy atom. The zero-order chi connectivity index (χ0) is 32.8. The van der Waals surface area contributed by atoms with Crippen LogP contribution in [0.4, 0.5) is 26.3 Å². The maximum atomic E-state index is 13.5. The van der Waals surface area contributed by atoms with Crippen LogP contribution in [0.2, 0.25) is 0 Å². The molecule has 0 bridgehead atoms. The van der Waals surface area contributed by atoms with Crippen molar-refractivity contribution >= 4 is 21.7 Å². The molecule has 2 fully saturated rings. The van der Waals surface area contributed by atoms with E-state index in [1.54, 1.807) is 5.48 Å². The maximum absolute atomic E-state index is 13.5. The van der Waals surface area contributed by atoms with E-state index in [0.717, 1.165) is 25.0 Å². The van der Waals surface area contributed by atoms with Crippen LogP contribution in [0.5, 0.6) is 11.5 Å². The van der Waals surface area contributed by atoms with E-state index in [0.29, 0.717) is 37.1 Å². The number of benzene rings is 2. The lowest BCUT2D eigenvalue weighted by atomic mass is 9.94. The van der Waals surface area contributed by atoms with Crippen molar-refractivity contribution in [3.63, 3.8) is 0 Å². The predicted octanol–water partition coefficient (Wildman–Crippen LogP) is 4.46. The van der Waals surface area contributed by atoms with Gasteiger partial charge in [-0.3, -0.25) is 10.0 Å². The van der Waals surface area contributed by atoms with Crippen molar-refractivity contribution in [3.8, 4) is 11.5 Å². The number of likely N-dealkylation sites (tertiary alicyclic amines) is 1. The predicted molar refractivity (Wildman–Crippen MR) is 141 cm³/mol. The summed E-state index contributed by atoms with van der Waals surface area (Å²) in [5, 5.41) is 16.4. The average Bonchev–Trinajstić information content (AvgIpc) is 3.82. The Morgan fingerprint density at radius 1 is 0.886 bits per heavy atom. The summed E-state index contributed by atoms with van der Waals surface area (Å²) >= 11 is 0. The Kier molecular flexibility index (Phi) is 11.1. The quantitative estimate of drug-likeness (QED) is 0.146. The van der Waals surface area contributed by atoms with Gasteiger partial charge in [0.15, 0.2) is 14.6 Å². The summed E-state index contributed by atoms with van der Waals surface area (Å²) in [5.41, 5.74) is 0.811. The number of aliphatic carboxylic acids is 1. The molecule has 0 unspecified atom stereocenters. The molecule has 2 aromatic carbocycles. The number of hydrogen-bond donors (Lipinski definition) is 3. The van der Waals surface area contributed by atoms with E-state index in [9.17, 15) is 44.8 Å². The molecule has 4 rings (SSSR count). The van der Waals surface area contributed by atoms with Gasteiger partial charge in [0.05, 0.1) is 23.7 Å². The summed E-state index contributed by atoms with van der Waals surface area (Å²) < 4.78 is 106. The van der Waals surface area contributed by atoms with Crippen molar-refractivity contribution in [3.05, 3.63) is 54.1 Å². The van der Waals surface area contributed by atoms with E-state index in [-0.39, 0.29) is 31.0 Å². The van der Waals surface area contributed by atoms with E-state index >= 15 is 0 Å². The first-order valence-corrected chi connectivity index (χ1v) is 14.8. The minimum Gasteiger partial charge on any atom is -0.493 e. The van der Waals surface area contributed by atoms with Gasteiger partial charge in [-0.1, -0.05) is 0 Å². The molecule has 244 valence electrons. The second-order valence-electron chi connectivity index (χ2n) is 10.1. The number of halogens is 6. The molecule has 1 saturated heterocycles. The van der Waals surface area contributed by atoms with Gasteiger partial charge in [-0.2, -0.15) is 26.3 Å². The molecule has 1 amide bonds. The molecule has 0 radical (unpaired) electrons. The number of carboxylic acid groups (broad SMARTS) is 1. The molecule has 0 atom stereocenters. The first-order chi connectivity index (χ1) is 20.5. The van der Waals surface area contributed by atoms with Crippen LogP contribution in [0.3, 0.4) is 0 Å². The highest BCUT2D eigenvalue weighted by Gasteiger charge is 2.54. The molecular weight excluding hydrogens is 626 g/mol. The normalized spacial score (nSPS) is 17.2. The maximum Gasteiger partial charge on any atom is 0.490 e. The highest BCUT2D eigenvalue weighted by atomic mass is 32.2. The third-order valence-corrected chi connectivity index (χ3v) is 9.60. The van der Waals surface area contributed by atoms with Crippen LogP contribution >= 0.6 is 0 Å². The SMILES string of the molecule is O=C(NO)C1(S(=O)(=O)c2ccc(OCCCOc3ccc(C(F)(F)F)cc3)cc2)CCN(C2CC2)CC1.O=C(O)C(F)(F)F. The number of sulfone groups is 1. The lowest BCUT2D eigenvalue weighted by Crippen LogP contribution is -2.58. The van der Waals surface area contributed by atoms with Crippen molar-refractivity contribution in [1.29, 1.82) is 0 Å². The third kappa shape index (κ3) is 8.75. The van der Waals surface area contributed by atoms with Gasteiger partial charge in [-0.05, 0) is 74.2 Å². The fraction of sp³-hybridized carbons (Fsp3) is 0.481. The Balaban J connectivity index is 0.000000676. The largest absolute Gasteiger partial charge is 0.493 e. The van der Waals surface area contributed by atoms with Gasteiger partial charge in [0.25, 0.3) is 5.91 Å². The monoisotopic (exact) mass is 656 g/mol. The third-order valence-electron chi connectivity index (χ3n) is 7.08. The molecule has 0 aromatic heterocycles. The van der Waals surface area contributed by atoms with Crippen molar-refractivity contribution in [2.45, 2.75) is 60.1 Å². The van der Waals surface area contributed by atoms with Crippen LogP contribution in [-0.2, 0) is 25.6 Å². The minimum absolute atomic E-state index is 0.0334. The smallest absolute Gasteiger partial charge is 0.490 e. The number of carbonyl (C=O) groups is 2.